The summed E-state index contributed by atoms with van der Waals surface area (Å²) in [4.78, 5) is 9.32. The maximum Gasteiger partial charge on any atom is 0.266 e. The van der Waals surface area contributed by atoms with Crippen molar-refractivity contribution < 1.29 is 4.79 Å². The summed E-state index contributed by atoms with van der Waals surface area (Å²) in [5.74, 6) is 0. The molecular weight excluding hydrogens is 208 g/mol. The first-order valence-electron chi connectivity index (χ1n) is 2.77. The van der Waals surface area contributed by atoms with Gasteiger partial charge in [-0.1, -0.05) is 29.3 Å². The number of alkyl halides is 1. The van der Waals surface area contributed by atoms with Crippen LogP contribution in [-0.2, 0) is 4.79 Å². The molecule has 1 rings (SSSR count). The molecular formula is C6H4Cl3NO. The molecule has 60 valence electrons. The highest BCUT2D eigenvalue weighted by Crippen LogP contribution is 2.23. The zero-order chi connectivity index (χ0) is 8.48. The molecule has 11 heavy (non-hydrogen) atoms. The maximum absolute atomic E-state index is 10.7. The fourth-order valence-corrected chi connectivity index (χ4v) is 1.19. The summed E-state index contributed by atoms with van der Waals surface area (Å²) in [6, 6.07) is 0. The first-order valence-corrected chi connectivity index (χ1v) is 3.90. The Morgan fingerprint density at radius 1 is 1.64 bits per heavy atom. The molecule has 0 saturated carbocycles. The number of hydrogen-bond acceptors (Lipinski definition) is 2. The minimum atomic E-state index is -1.38. The molecule has 1 heterocycles. The van der Waals surface area contributed by atoms with Crippen molar-refractivity contribution in [2.75, 3.05) is 0 Å². The second-order valence-corrected chi connectivity index (χ2v) is 3.33. The zero-order valence-electron chi connectivity index (χ0n) is 5.27. The Morgan fingerprint density at radius 2 is 2.27 bits per heavy atom. The van der Waals surface area contributed by atoms with E-state index in [4.69, 9.17) is 34.8 Å². The Kier molecular flexibility index (Phi) is 2.47. The van der Waals surface area contributed by atoms with E-state index in [1.165, 1.54) is 6.08 Å². The lowest BCUT2D eigenvalue weighted by atomic mass is 10.2. The minimum Gasteiger partial charge on any atom is -0.347 e. The molecule has 0 saturated heterocycles. The third-order valence-electron chi connectivity index (χ3n) is 1.16. The van der Waals surface area contributed by atoms with Crippen molar-refractivity contribution in [1.29, 1.82) is 0 Å². The highest BCUT2D eigenvalue weighted by molar-refractivity contribution is 6.71. The topological polar surface area (TPSA) is 29.1 Å². The molecule has 5 heteroatoms. The van der Waals surface area contributed by atoms with E-state index in [1.807, 2.05) is 0 Å². The predicted octanol–water partition coefficient (Wildman–Crippen LogP) is 1.93. The largest absolute Gasteiger partial charge is 0.347 e. The molecule has 0 spiro atoms. The van der Waals surface area contributed by atoms with E-state index in [2.05, 4.69) is 5.32 Å². The first kappa shape index (κ1) is 8.91. The first-order chi connectivity index (χ1) is 5.04. The summed E-state index contributed by atoms with van der Waals surface area (Å²) >= 11 is 16.4. The summed E-state index contributed by atoms with van der Waals surface area (Å²) in [5.41, 5.74) is 0. The van der Waals surface area contributed by atoms with Crippen LogP contribution < -0.4 is 5.32 Å². The second kappa shape index (κ2) is 3.05. The molecule has 0 radical (unpaired) electrons. The van der Waals surface area contributed by atoms with E-state index in [-0.39, 0.29) is 5.16 Å². The highest BCUT2D eigenvalue weighted by atomic mass is 35.5. The quantitative estimate of drug-likeness (QED) is 0.409. The number of rotatable bonds is 1. The lowest BCUT2D eigenvalue weighted by Gasteiger charge is -2.23. The molecule has 1 aliphatic heterocycles. The smallest absolute Gasteiger partial charge is 0.266 e. The Hall–Kier alpha value is -0.180. The zero-order valence-corrected chi connectivity index (χ0v) is 7.54. The summed E-state index contributed by atoms with van der Waals surface area (Å²) in [6.45, 7) is 0. The fourth-order valence-electron chi connectivity index (χ4n) is 0.637. The van der Waals surface area contributed by atoms with Gasteiger partial charge in [-0.3, -0.25) is 4.79 Å². The van der Waals surface area contributed by atoms with Gasteiger partial charge in [0.15, 0.2) is 0 Å². The molecule has 0 amide bonds. The van der Waals surface area contributed by atoms with Gasteiger partial charge in [0.2, 0.25) is 5.00 Å². The third-order valence-corrected chi connectivity index (χ3v) is 2.16. The van der Waals surface area contributed by atoms with Crippen LogP contribution in [0.5, 0.6) is 0 Å². The summed E-state index contributed by atoms with van der Waals surface area (Å²) in [6.07, 6.45) is 4.56. The van der Waals surface area contributed by atoms with Gasteiger partial charge in [0, 0.05) is 0 Å². The van der Waals surface area contributed by atoms with Crippen molar-refractivity contribution in [2.45, 2.75) is 5.00 Å². The van der Waals surface area contributed by atoms with Gasteiger partial charge in [0.25, 0.3) is 5.24 Å². The minimum absolute atomic E-state index is 0.288. The SMILES string of the molecule is O=C(Cl)C1(Cl)C=CC=C(Cl)N1. The van der Waals surface area contributed by atoms with Crippen molar-refractivity contribution in [2.24, 2.45) is 0 Å². The van der Waals surface area contributed by atoms with Crippen molar-refractivity contribution >= 4 is 40.0 Å². The van der Waals surface area contributed by atoms with Gasteiger partial charge in [0.1, 0.15) is 5.16 Å². The highest BCUT2D eigenvalue weighted by Gasteiger charge is 2.33. The Morgan fingerprint density at radius 3 is 2.64 bits per heavy atom. The standard InChI is InChI=1S/C6H4Cl3NO/c7-4-2-1-3-6(9,10-4)5(8)11/h1-3,10H. The van der Waals surface area contributed by atoms with Crippen LogP contribution in [0.3, 0.4) is 0 Å². The number of halogens is 3. The van der Waals surface area contributed by atoms with Crippen molar-refractivity contribution in [3.05, 3.63) is 23.4 Å². The maximum atomic E-state index is 10.7. The normalized spacial score (nSPS) is 29.2. The van der Waals surface area contributed by atoms with E-state index in [9.17, 15) is 4.79 Å². The van der Waals surface area contributed by atoms with Gasteiger partial charge in [-0.15, -0.1) is 0 Å². The van der Waals surface area contributed by atoms with Crippen LogP contribution >= 0.6 is 34.8 Å². The average molecular weight is 212 g/mol. The Bertz CT molecular complexity index is 248. The predicted molar refractivity (Wildman–Crippen MR) is 45.7 cm³/mol. The summed E-state index contributed by atoms with van der Waals surface area (Å²) < 4.78 is 0. The molecule has 1 N–H and O–H groups in total. The number of hydrogen-bond donors (Lipinski definition) is 1. The van der Waals surface area contributed by atoms with Crippen LogP contribution in [-0.4, -0.2) is 10.2 Å². The molecule has 1 atom stereocenters. The fraction of sp³-hybridized carbons (Fsp3) is 0.167. The van der Waals surface area contributed by atoms with Crippen LogP contribution in [0, 0.1) is 0 Å². The van der Waals surface area contributed by atoms with Gasteiger partial charge in [0.05, 0.1) is 0 Å². The number of nitrogens with one attached hydrogen (secondary N) is 1. The van der Waals surface area contributed by atoms with Crippen LogP contribution in [0.25, 0.3) is 0 Å². The number of carbonyl (C=O) groups is 1. The van der Waals surface area contributed by atoms with Gasteiger partial charge >= 0.3 is 0 Å². The van der Waals surface area contributed by atoms with Gasteiger partial charge < -0.3 is 5.32 Å². The second-order valence-electron chi connectivity index (χ2n) is 1.98. The molecule has 0 aromatic heterocycles. The van der Waals surface area contributed by atoms with Gasteiger partial charge in [-0.2, -0.15) is 0 Å². The van der Waals surface area contributed by atoms with E-state index in [0.717, 1.165) is 0 Å². The molecule has 0 fully saturated rings. The molecule has 0 aromatic rings. The van der Waals surface area contributed by atoms with E-state index >= 15 is 0 Å². The van der Waals surface area contributed by atoms with Crippen molar-refractivity contribution in [1.82, 2.24) is 5.32 Å². The van der Waals surface area contributed by atoms with Crippen molar-refractivity contribution in [3.8, 4) is 0 Å². The molecule has 0 bridgehead atoms. The monoisotopic (exact) mass is 211 g/mol. The van der Waals surface area contributed by atoms with Crippen molar-refractivity contribution in [3.63, 3.8) is 0 Å². The van der Waals surface area contributed by atoms with Crippen LogP contribution in [0.15, 0.2) is 23.4 Å². The molecule has 2 nitrogen and oxygen atoms in total. The molecule has 1 aliphatic rings. The number of dihydropyridines is 1. The Balaban J connectivity index is 2.86. The van der Waals surface area contributed by atoms with Crippen LogP contribution in [0.1, 0.15) is 0 Å². The molecule has 0 aromatic carbocycles. The summed E-state index contributed by atoms with van der Waals surface area (Å²) in [5, 5.41) is 2.10. The number of carbonyl (C=O) groups excluding carboxylic acids is 1. The van der Waals surface area contributed by atoms with E-state index in [1.54, 1.807) is 12.2 Å². The van der Waals surface area contributed by atoms with Crippen LogP contribution in [0.4, 0.5) is 0 Å². The Labute approximate surface area is 78.8 Å². The lowest BCUT2D eigenvalue weighted by Crippen LogP contribution is -2.42. The number of allylic oxidation sites excluding steroid dienone is 2. The van der Waals surface area contributed by atoms with E-state index in [0.29, 0.717) is 0 Å². The lowest BCUT2D eigenvalue weighted by molar-refractivity contribution is -0.113. The van der Waals surface area contributed by atoms with E-state index < -0.39 is 10.2 Å². The van der Waals surface area contributed by atoms with Crippen LogP contribution in [0.2, 0.25) is 0 Å². The van der Waals surface area contributed by atoms with Gasteiger partial charge in [-0.25, -0.2) is 0 Å². The van der Waals surface area contributed by atoms with Gasteiger partial charge in [-0.05, 0) is 23.8 Å². The third kappa shape index (κ3) is 1.89. The summed E-state index contributed by atoms with van der Waals surface area (Å²) in [7, 11) is 0. The molecule has 0 aliphatic carbocycles. The average Bonchev–Trinajstić information content (AvgIpc) is 1.86. The molecule has 1 unspecified atom stereocenters.